The molecular formula is C23H30ClN5O2S. The molecule has 7 nitrogen and oxygen atoms in total. The van der Waals surface area contributed by atoms with Crippen LogP contribution in [0.3, 0.4) is 0 Å². The van der Waals surface area contributed by atoms with Gasteiger partial charge in [-0.15, -0.1) is 0 Å². The fourth-order valence-electron chi connectivity index (χ4n) is 4.38. The Labute approximate surface area is 197 Å². The zero-order chi connectivity index (χ0) is 22.8. The first-order valence-corrected chi connectivity index (χ1v) is 12.8. The number of nitrogens with zero attached hydrogens (tertiary/aromatic N) is 4. The van der Waals surface area contributed by atoms with Crippen molar-refractivity contribution in [2.75, 3.05) is 43.4 Å². The Balaban J connectivity index is 1.47. The Kier molecular flexibility index (Phi) is 7.24. The van der Waals surface area contributed by atoms with Crippen LogP contribution in [0.2, 0.25) is 5.02 Å². The van der Waals surface area contributed by atoms with Crippen molar-refractivity contribution in [2.24, 2.45) is 0 Å². The highest BCUT2D eigenvalue weighted by atomic mass is 35.5. The summed E-state index contributed by atoms with van der Waals surface area (Å²) in [6.07, 6.45) is 1.51. The molecule has 0 spiro atoms. The first-order chi connectivity index (χ1) is 15.3. The van der Waals surface area contributed by atoms with Gasteiger partial charge in [0, 0.05) is 60.9 Å². The molecule has 2 aliphatic heterocycles. The number of anilines is 1. The summed E-state index contributed by atoms with van der Waals surface area (Å²) in [6, 6.07) is 7.85. The first-order valence-electron chi connectivity index (χ1n) is 11.1. The Morgan fingerprint density at radius 3 is 2.56 bits per heavy atom. The van der Waals surface area contributed by atoms with Gasteiger partial charge in [0.2, 0.25) is 5.91 Å². The lowest BCUT2D eigenvalue weighted by molar-refractivity contribution is -0.133. The number of fused-ring (bicyclic) bond motifs is 1. The quantitative estimate of drug-likeness (QED) is 0.511. The van der Waals surface area contributed by atoms with Crippen molar-refractivity contribution in [1.29, 1.82) is 0 Å². The molecule has 0 saturated carbocycles. The van der Waals surface area contributed by atoms with E-state index < -0.39 is 11.2 Å². The smallest absolute Gasteiger partial charge is 0.253 e. The van der Waals surface area contributed by atoms with Crippen molar-refractivity contribution in [3.05, 3.63) is 46.7 Å². The molecule has 2 aliphatic rings. The molecule has 9 heteroatoms. The second kappa shape index (κ2) is 9.95. The molecule has 3 atom stereocenters. The third-order valence-electron chi connectivity index (χ3n) is 6.13. The van der Waals surface area contributed by atoms with Gasteiger partial charge in [0.15, 0.2) is 0 Å². The van der Waals surface area contributed by atoms with Crippen molar-refractivity contribution in [3.8, 4) is 0 Å². The Bertz CT molecular complexity index is 950. The number of hydrogen-bond donors (Lipinski definition) is 1. The minimum Gasteiger partial charge on any atom is -0.610 e. The van der Waals surface area contributed by atoms with E-state index in [1.54, 1.807) is 0 Å². The van der Waals surface area contributed by atoms with E-state index in [0.29, 0.717) is 54.6 Å². The Morgan fingerprint density at radius 1 is 1.22 bits per heavy atom. The molecule has 172 valence electrons. The van der Waals surface area contributed by atoms with E-state index in [9.17, 15) is 9.35 Å². The van der Waals surface area contributed by atoms with Gasteiger partial charge in [0.05, 0.1) is 11.5 Å². The number of rotatable bonds is 6. The molecule has 32 heavy (non-hydrogen) atoms. The average molecular weight is 476 g/mol. The van der Waals surface area contributed by atoms with Crippen LogP contribution in [0.1, 0.15) is 43.7 Å². The van der Waals surface area contributed by atoms with Crippen LogP contribution < -0.4 is 10.2 Å². The SMILES string of the molecule is CC(C)NCC(C(=O)N1CCN(c2ncnc3c2[C@H](C)C[S+]3[O-])CC1)c1ccc(Cl)cc1. The third-order valence-corrected chi connectivity index (χ3v) is 7.94. The van der Waals surface area contributed by atoms with Crippen molar-refractivity contribution in [3.63, 3.8) is 0 Å². The molecule has 0 radical (unpaired) electrons. The van der Waals surface area contributed by atoms with Crippen LogP contribution in [0.4, 0.5) is 5.82 Å². The lowest BCUT2D eigenvalue weighted by Crippen LogP contribution is -2.51. The summed E-state index contributed by atoms with van der Waals surface area (Å²) in [7, 11) is 0. The van der Waals surface area contributed by atoms with Crippen LogP contribution in [0.15, 0.2) is 35.6 Å². The summed E-state index contributed by atoms with van der Waals surface area (Å²) in [4.78, 5) is 26.4. The highest BCUT2D eigenvalue weighted by Gasteiger charge is 2.38. The fraction of sp³-hybridized carbons (Fsp3) is 0.522. The summed E-state index contributed by atoms with van der Waals surface area (Å²) in [6.45, 7) is 9.46. The Hall–Kier alpha value is -1.87. The minimum absolute atomic E-state index is 0.127. The van der Waals surface area contributed by atoms with Crippen molar-refractivity contribution < 1.29 is 9.35 Å². The lowest BCUT2D eigenvalue weighted by Gasteiger charge is -2.37. The molecular weight excluding hydrogens is 446 g/mol. The third kappa shape index (κ3) is 4.88. The number of amides is 1. The molecule has 1 fully saturated rings. The standard InChI is InChI=1S/C23H30ClN5O2S/c1-15(2)25-12-19(17-4-6-18(24)7-5-17)23(30)29-10-8-28(9-11-29)21-20-16(3)13-32(31)22(20)27-14-26-21/h4-7,14-16,19,25H,8-13H2,1-3H3/t16-,19?,32?/m1/s1. The summed E-state index contributed by atoms with van der Waals surface area (Å²) < 4.78 is 12.3. The molecule has 0 bridgehead atoms. The predicted octanol–water partition coefficient (Wildman–Crippen LogP) is 2.79. The molecule has 1 saturated heterocycles. The molecule has 1 N–H and O–H groups in total. The maximum atomic E-state index is 13.5. The van der Waals surface area contributed by atoms with E-state index in [1.807, 2.05) is 29.2 Å². The summed E-state index contributed by atoms with van der Waals surface area (Å²) >= 11 is 5.01. The maximum Gasteiger partial charge on any atom is 0.253 e. The van der Waals surface area contributed by atoms with Gasteiger partial charge in [-0.1, -0.05) is 44.5 Å². The van der Waals surface area contributed by atoms with Crippen LogP contribution in [-0.4, -0.2) is 69.8 Å². The lowest BCUT2D eigenvalue weighted by atomic mass is 9.96. The van der Waals surface area contributed by atoms with E-state index in [2.05, 4.69) is 41.0 Å². The van der Waals surface area contributed by atoms with Gasteiger partial charge in [0.25, 0.3) is 5.03 Å². The van der Waals surface area contributed by atoms with E-state index in [-0.39, 0.29) is 17.7 Å². The summed E-state index contributed by atoms with van der Waals surface area (Å²) in [5, 5.41) is 4.75. The number of hydrogen-bond acceptors (Lipinski definition) is 6. The van der Waals surface area contributed by atoms with Crippen LogP contribution in [0.25, 0.3) is 0 Å². The van der Waals surface area contributed by atoms with Gasteiger partial charge in [0.1, 0.15) is 17.9 Å². The van der Waals surface area contributed by atoms with Crippen LogP contribution >= 0.6 is 11.6 Å². The van der Waals surface area contributed by atoms with E-state index >= 15 is 0 Å². The first kappa shape index (κ1) is 23.3. The van der Waals surface area contributed by atoms with Gasteiger partial charge in [-0.25, -0.2) is 4.98 Å². The van der Waals surface area contributed by atoms with Gasteiger partial charge in [-0.2, -0.15) is 4.98 Å². The number of benzene rings is 1. The number of carbonyl (C=O) groups excluding carboxylic acids is 1. The average Bonchev–Trinajstić information content (AvgIpc) is 3.08. The highest BCUT2D eigenvalue weighted by molar-refractivity contribution is 7.91. The maximum absolute atomic E-state index is 13.5. The van der Waals surface area contributed by atoms with Crippen LogP contribution in [0, 0.1) is 0 Å². The van der Waals surface area contributed by atoms with Crippen molar-refractivity contribution in [2.45, 2.75) is 43.7 Å². The molecule has 4 rings (SSSR count). The van der Waals surface area contributed by atoms with Gasteiger partial charge >= 0.3 is 0 Å². The fourth-order valence-corrected chi connectivity index (χ4v) is 5.99. The van der Waals surface area contributed by atoms with Gasteiger partial charge in [-0.05, 0) is 17.7 Å². The zero-order valence-corrected chi connectivity index (χ0v) is 20.3. The van der Waals surface area contributed by atoms with Gasteiger partial charge in [-0.3, -0.25) is 4.79 Å². The second-order valence-corrected chi connectivity index (χ2v) is 10.7. The highest BCUT2D eigenvalue weighted by Crippen LogP contribution is 2.38. The van der Waals surface area contributed by atoms with Crippen molar-refractivity contribution >= 4 is 34.5 Å². The largest absolute Gasteiger partial charge is 0.610 e. The zero-order valence-electron chi connectivity index (χ0n) is 18.8. The van der Waals surface area contributed by atoms with E-state index in [0.717, 1.165) is 16.9 Å². The predicted molar refractivity (Wildman–Crippen MR) is 128 cm³/mol. The molecule has 1 amide bonds. The molecule has 0 aliphatic carbocycles. The normalized spacial score (nSPS) is 21.7. The number of nitrogens with one attached hydrogen (secondary N) is 1. The van der Waals surface area contributed by atoms with Gasteiger partial charge < -0.3 is 19.7 Å². The van der Waals surface area contributed by atoms with E-state index in [1.165, 1.54) is 6.33 Å². The van der Waals surface area contributed by atoms with Crippen LogP contribution in [-0.2, 0) is 16.0 Å². The molecule has 1 aromatic carbocycles. The Morgan fingerprint density at radius 2 is 1.91 bits per heavy atom. The monoisotopic (exact) mass is 475 g/mol. The van der Waals surface area contributed by atoms with E-state index in [4.69, 9.17) is 11.6 Å². The summed E-state index contributed by atoms with van der Waals surface area (Å²) in [5.41, 5.74) is 1.98. The number of halogens is 1. The number of aromatic nitrogens is 2. The van der Waals surface area contributed by atoms with Crippen LogP contribution in [0.5, 0.6) is 0 Å². The van der Waals surface area contributed by atoms with Crippen molar-refractivity contribution in [1.82, 2.24) is 20.2 Å². The summed E-state index contributed by atoms with van der Waals surface area (Å²) in [5.74, 6) is 1.52. The second-order valence-electron chi connectivity index (χ2n) is 8.81. The number of piperazine rings is 1. The minimum atomic E-state index is -1.05. The molecule has 3 heterocycles. The molecule has 1 aromatic heterocycles. The number of carbonyl (C=O) groups is 1. The topological polar surface area (TPSA) is 84.4 Å². The molecule has 2 unspecified atom stereocenters. The molecule has 2 aromatic rings.